The van der Waals surface area contributed by atoms with Crippen molar-refractivity contribution in [1.29, 1.82) is 0 Å². The number of hydrogen-bond acceptors (Lipinski definition) is 3. The monoisotopic (exact) mass is 289 g/mol. The third-order valence-electron chi connectivity index (χ3n) is 3.72. The van der Waals surface area contributed by atoms with Gasteiger partial charge in [-0.1, -0.05) is 12.7 Å². The summed E-state index contributed by atoms with van der Waals surface area (Å²) in [5, 5.41) is 9.54. The standard InChI is InChI=1S/C17H23NO3/c1-3-11-21-16-8-6-14(7-9-16)17(20)18-10-4-5-15(18)12-13(2)19/h3,6-9,13,15,19H,1,4-5,10-12H2,2H3. The first-order valence-electron chi connectivity index (χ1n) is 7.44. The van der Waals surface area contributed by atoms with Crippen LogP contribution in [0, 0.1) is 0 Å². The lowest BCUT2D eigenvalue weighted by molar-refractivity contribution is 0.0682. The molecule has 4 nitrogen and oxygen atoms in total. The van der Waals surface area contributed by atoms with E-state index in [1.165, 1.54) is 0 Å². The van der Waals surface area contributed by atoms with Gasteiger partial charge < -0.3 is 14.7 Å². The summed E-state index contributed by atoms with van der Waals surface area (Å²) in [7, 11) is 0. The van der Waals surface area contributed by atoms with E-state index < -0.39 is 0 Å². The van der Waals surface area contributed by atoms with Crippen LogP contribution in [0.25, 0.3) is 0 Å². The zero-order valence-electron chi connectivity index (χ0n) is 12.5. The number of aliphatic hydroxyl groups is 1. The first-order chi connectivity index (χ1) is 10.1. The Morgan fingerprint density at radius 1 is 1.52 bits per heavy atom. The Morgan fingerprint density at radius 2 is 2.24 bits per heavy atom. The Balaban J connectivity index is 2.03. The number of ether oxygens (including phenoxy) is 1. The molecular formula is C17H23NO3. The molecule has 2 rings (SSSR count). The summed E-state index contributed by atoms with van der Waals surface area (Å²) in [6.45, 7) is 6.59. The van der Waals surface area contributed by atoms with E-state index >= 15 is 0 Å². The minimum absolute atomic E-state index is 0.0356. The molecule has 0 saturated carbocycles. The van der Waals surface area contributed by atoms with Gasteiger partial charge in [-0.05, 0) is 50.5 Å². The molecule has 1 amide bonds. The molecule has 1 fully saturated rings. The molecule has 1 aliphatic heterocycles. The second kappa shape index (κ2) is 7.27. The summed E-state index contributed by atoms with van der Waals surface area (Å²) in [4.78, 5) is 14.4. The maximum Gasteiger partial charge on any atom is 0.254 e. The van der Waals surface area contributed by atoms with Crippen LogP contribution >= 0.6 is 0 Å². The molecule has 1 aromatic rings. The number of hydrogen-bond donors (Lipinski definition) is 1. The third kappa shape index (κ3) is 4.08. The Hall–Kier alpha value is -1.81. The van der Waals surface area contributed by atoms with Crippen molar-refractivity contribution in [3.63, 3.8) is 0 Å². The smallest absolute Gasteiger partial charge is 0.254 e. The lowest BCUT2D eigenvalue weighted by Crippen LogP contribution is -2.37. The number of carbonyl (C=O) groups is 1. The van der Waals surface area contributed by atoms with E-state index in [-0.39, 0.29) is 18.1 Å². The van der Waals surface area contributed by atoms with E-state index in [1.54, 1.807) is 37.3 Å². The van der Waals surface area contributed by atoms with Crippen LogP contribution < -0.4 is 4.74 Å². The second-order valence-corrected chi connectivity index (χ2v) is 5.50. The van der Waals surface area contributed by atoms with Gasteiger partial charge in [0.25, 0.3) is 5.91 Å². The van der Waals surface area contributed by atoms with E-state index in [1.807, 2.05) is 4.90 Å². The van der Waals surface area contributed by atoms with Gasteiger partial charge in [0.05, 0.1) is 6.10 Å². The fourth-order valence-electron chi connectivity index (χ4n) is 2.76. The number of amides is 1. The molecule has 4 heteroatoms. The van der Waals surface area contributed by atoms with Crippen LogP contribution in [0.1, 0.15) is 36.5 Å². The molecule has 1 heterocycles. The van der Waals surface area contributed by atoms with Crippen molar-refractivity contribution in [3.8, 4) is 5.75 Å². The average Bonchev–Trinajstić information content (AvgIpc) is 2.92. The zero-order chi connectivity index (χ0) is 15.2. The highest BCUT2D eigenvalue weighted by atomic mass is 16.5. The zero-order valence-corrected chi connectivity index (χ0v) is 12.5. The van der Waals surface area contributed by atoms with Gasteiger partial charge in [-0.25, -0.2) is 0 Å². The lowest BCUT2D eigenvalue weighted by Gasteiger charge is -2.25. The van der Waals surface area contributed by atoms with Crippen molar-refractivity contribution in [1.82, 2.24) is 4.90 Å². The summed E-state index contributed by atoms with van der Waals surface area (Å²) in [5.41, 5.74) is 0.665. The Labute approximate surface area is 126 Å². The van der Waals surface area contributed by atoms with E-state index in [9.17, 15) is 9.90 Å². The highest BCUT2D eigenvalue weighted by Crippen LogP contribution is 2.24. The Bertz CT molecular complexity index is 481. The minimum atomic E-state index is -0.377. The summed E-state index contributed by atoms with van der Waals surface area (Å²) >= 11 is 0. The SMILES string of the molecule is C=CCOc1ccc(C(=O)N2CCCC2CC(C)O)cc1. The van der Waals surface area contributed by atoms with Gasteiger partial charge in [-0.15, -0.1) is 0 Å². The molecule has 0 aromatic heterocycles. The van der Waals surface area contributed by atoms with E-state index in [0.717, 1.165) is 25.1 Å². The van der Waals surface area contributed by atoms with Gasteiger partial charge >= 0.3 is 0 Å². The van der Waals surface area contributed by atoms with Gasteiger partial charge in [0, 0.05) is 18.2 Å². The first-order valence-corrected chi connectivity index (χ1v) is 7.44. The predicted molar refractivity (Wildman–Crippen MR) is 82.5 cm³/mol. The number of benzene rings is 1. The largest absolute Gasteiger partial charge is 0.490 e. The molecule has 2 atom stereocenters. The van der Waals surface area contributed by atoms with Crippen LogP contribution in [0.2, 0.25) is 0 Å². The van der Waals surface area contributed by atoms with Crippen molar-refractivity contribution in [2.24, 2.45) is 0 Å². The normalized spacial score (nSPS) is 19.3. The highest BCUT2D eigenvalue weighted by molar-refractivity contribution is 5.94. The van der Waals surface area contributed by atoms with Gasteiger partial charge in [0.2, 0.25) is 0 Å². The molecule has 1 aromatic carbocycles. The molecule has 0 aliphatic carbocycles. The molecular weight excluding hydrogens is 266 g/mol. The van der Waals surface area contributed by atoms with Crippen LogP contribution in [0.15, 0.2) is 36.9 Å². The number of nitrogens with zero attached hydrogens (tertiary/aromatic N) is 1. The van der Waals surface area contributed by atoms with E-state index in [4.69, 9.17) is 4.74 Å². The molecule has 0 radical (unpaired) electrons. The van der Waals surface area contributed by atoms with Gasteiger partial charge in [0.1, 0.15) is 12.4 Å². The fraction of sp³-hybridized carbons (Fsp3) is 0.471. The Kier molecular flexibility index (Phi) is 5.39. The van der Waals surface area contributed by atoms with Gasteiger partial charge in [-0.2, -0.15) is 0 Å². The molecule has 1 aliphatic rings. The van der Waals surface area contributed by atoms with Crippen LogP contribution in [0.5, 0.6) is 5.75 Å². The molecule has 114 valence electrons. The Morgan fingerprint density at radius 3 is 2.86 bits per heavy atom. The van der Waals surface area contributed by atoms with E-state index in [0.29, 0.717) is 18.6 Å². The van der Waals surface area contributed by atoms with Crippen LogP contribution in [0.3, 0.4) is 0 Å². The third-order valence-corrected chi connectivity index (χ3v) is 3.72. The molecule has 2 unspecified atom stereocenters. The molecule has 1 N–H and O–H groups in total. The van der Waals surface area contributed by atoms with Crippen molar-refractivity contribution >= 4 is 5.91 Å². The van der Waals surface area contributed by atoms with Crippen LogP contribution in [0.4, 0.5) is 0 Å². The first kappa shape index (κ1) is 15.6. The number of rotatable bonds is 6. The average molecular weight is 289 g/mol. The van der Waals surface area contributed by atoms with Crippen molar-refractivity contribution in [2.45, 2.75) is 38.3 Å². The van der Waals surface area contributed by atoms with Gasteiger partial charge in [-0.3, -0.25) is 4.79 Å². The lowest BCUT2D eigenvalue weighted by atomic mass is 10.1. The quantitative estimate of drug-likeness (QED) is 0.819. The predicted octanol–water partition coefficient (Wildman–Crippen LogP) is 2.63. The van der Waals surface area contributed by atoms with E-state index in [2.05, 4.69) is 6.58 Å². The maximum atomic E-state index is 12.6. The number of aliphatic hydroxyl groups excluding tert-OH is 1. The summed E-state index contributed by atoms with van der Waals surface area (Å²) in [6.07, 6.45) is 3.93. The van der Waals surface area contributed by atoms with Crippen LogP contribution in [-0.2, 0) is 0 Å². The van der Waals surface area contributed by atoms with Crippen molar-refractivity contribution in [3.05, 3.63) is 42.5 Å². The summed E-state index contributed by atoms with van der Waals surface area (Å²) in [5.74, 6) is 0.766. The fourth-order valence-corrected chi connectivity index (χ4v) is 2.76. The minimum Gasteiger partial charge on any atom is -0.490 e. The molecule has 0 spiro atoms. The number of carbonyl (C=O) groups excluding carboxylic acids is 1. The number of likely N-dealkylation sites (tertiary alicyclic amines) is 1. The van der Waals surface area contributed by atoms with Crippen molar-refractivity contribution < 1.29 is 14.6 Å². The molecule has 21 heavy (non-hydrogen) atoms. The topological polar surface area (TPSA) is 49.8 Å². The van der Waals surface area contributed by atoms with Crippen LogP contribution in [-0.4, -0.2) is 41.2 Å². The second-order valence-electron chi connectivity index (χ2n) is 5.50. The summed E-state index contributed by atoms with van der Waals surface area (Å²) < 4.78 is 5.41. The summed E-state index contributed by atoms with van der Waals surface area (Å²) in [6, 6.07) is 7.33. The maximum absolute atomic E-state index is 12.6. The molecule has 0 bridgehead atoms. The van der Waals surface area contributed by atoms with Crippen molar-refractivity contribution in [2.75, 3.05) is 13.2 Å². The molecule has 1 saturated heterocycles. The van der Waals surface area contributed by atoms with Gasteiger partial charge in [0.15, 0.2) is 0 Å². The highest BCUT2D eigenvalue weighted by Gasteiger charge is 2.30.